The van der Waals surface area contributed by atoms with E-state index in [4.69, 9.17) is 4.74 Å². The first-order chi connectivity index (χ1) is 12.5. The van der Waals surface area contributed by atoms with Gasteiger partial charge in [-0.15, -0.1) is 11.3 Å². The predicted octanol–water partition coefficient (Wildman–Crippen LogP) is 2.86. The zero-order chi connectivity index (χ0) is 18.6. The molecule has 1 aliphatic rings. The van der Waals surface area contributed by atoms with Crippen LogP contribution in [-0.2, 0) is 14.8 Å². The van der Waals surface area contributed by atoms with E-state index >= 15 is 0 Å². The van der Waals surface area contributed by atoms with Crippen LogP contribution >= 0.6 is 11.3 Å². The Morgan fingerprint density at radius 2 is 2.00 bits per heavy atom. The topological polar surface area (TPSA) is 58.6 Å². The van der Waals surface area contributed by atoms with Gasteiger partial charge in [-0.3, -0.25) is 4.90 Å². The molecule has 0 atom stereocenters. The summed E-state index contributed by atoms with van der Waals surface area (Å²) in [5.74, 6) is -0.309. The number of thiophene rings is 1. The summed E-state index contributed by atoms with van der Waals surface area (Å²) < 4.78 is 47.3. The Balaban J connectivity index is 1.59. The third-order valence-electron chi connectivity index (χ3n) is 4.35. The molecule has 0 amide bonds. The van der Waals surface area contributed by atoms with Gasteiger partial charge in [-0.05, 0) is 37.6 Å². The van der Waals surface area contributed by atoms with Crippen molar-refractivity contribution < 1.29 is 17.5 Å². The van der Waals surface area contributed by atoms with Gasteiger partial charge in [-0.2, -0.15) is 0 Å². The van der Waals surface area contributed by atoms with Gasteiger partial charge in [0.05, 0.1) is 13.2 Å². The summed E-state index contributed by atoms with van der Waals surface area (Å²) in [4.78, 5) is 2.88. The molecule has 26 heavy (non-hydrogen) atoms. The molecule has 0 aliphatic carbocycles. The summed E-state index contributed by atoms with van der Waals surface area (Å²) in [6.45, 7) is 6.17. The maximum absolute atomic E-state index is 14.2. The van der Waals surface area contributed by atoms with Gasteiger partial charge in [0.15, 0.2) is 0 Å². The Labute approximate surface area is 157 Å². The van der Waals surface area contributed by atoms with E-state index in [0.29, 0.717) is 22.5 Å². The van der Waals surface area contributed by atoms with Crippen LogP contribution in [0.4, 0.5) is 4.39 Å². The maximum atomic E-state index is 14.2. The van der Waals surface area contributed by atoms with E-state index in [2.05, 4.69) is 9.62 Å². The summed E-state index contributed by atoms with van der Waals surface area (Å²) in [7, 11) is -3.57. The van der Waals surface area contributed by atoms with Crippen molar-refractivity contribution in [2.75, 3.05) is 39.4 Å². The molecule has 1 aliphatic heterocycles. The lowest BCUT2D eigenvalue weighted by Gasteiger charge is -2.26. The van der Waals surface area contributed by atoms with Gasteiger partial charge in [0.25, 0.3) is 0 Å². The molecule has 1 aromatic carbocycles. The number of benzene rings is 1. The number of nitrogens with one attached hydrogen (secondary N) is 1. The summed E-state index contributed by atoms with van der Waals surface area (Å²) in [6.07, 6.45) is 0.740. The Kier molecular flexibility index (Phi) is 6.42. The molecule has 8 heteroatoms. The second-order valence-corrected chi connectivity index (χ2v) is 9.34. The second-order valence-electron chi connectivity index (χ2n) is 6.26. The fourth-order valence-corrected chi connectivity index (χ4v) is 5.30. The quantitative estimate of drug-likeness (QED) is 0.729. The Morgan fingerprint density at radius 1 is 1.23 bits per heavy atom. The zero-order valence-corrected chi connectivity index (χ0v) is 16.3. The summed E-state index contributed by atoms with van der Waals surface area (Å²) in [6, 6.07) is 8.32. The lowest BCUT2D eigenvalue weighted by molar-refractivity contribution is 0.0376. The van der Waals surface area contributed by atoms with Gasteiger partial charge in [-0.25, -0.2) is 17.5 Å². The third-order valence-corrected chi connectivity index (χ3v) is 7.42. The standard InChI is InChI=1S/C18H23FN2O3S2/c1-14-4-2-5-15(18(14)19)16-6-7-17(25-16)26(22,23)20-8-3-9-21-10-12-24-13-11-21/h2,4-7,20H,3,8-13H2,1H3. The molecular formula is C18H23FN2O3S2. The minimum atomic E-state index is -3.57. The van der Waals surface area contributed by atoms with E-state index in [-0.39, 0.29) is 10.0 Å². The van der Waals surface area contributed by atoms with Crippen LogP contribution in [0.15, 0.2) is 34.5 Å². The highest BCUT2D eigenvalue weighted by Crippen LogP contribution is 2.33. The average molecular weight is 399 g/mol. The maximum Gasteiger partial charge on any atom is 0.250 e. The number of ether oxygens (including phenoxy) is 1. The summed E-state index contributed by atoms with van der Waals surface area (Å²) >= 11 is 1.08. The van der Waals surface area contributed by atoms with Gasteiger partial charge in [0.2, 0.25) is 10.0 Å². The number of morpholine rings is 1. The molecule has 0 bridgehead atoms. The lowest BCUT2D eigenvalue weighted by atomic mass is 10.1. The van der Waals surface area contributed by atoms with Gasteiger partial charge < -0.3 is 4.74 Å². The van der Waals surface area contributed by atoms with E-state index in [0.717, 1.165) is 50.6 Å². The van der Waals surface area contributed by atoms with Crippen molar-refractivity contribution in [3.63, 3.8) is 0 Å². The highest BCUT2D eigenvalue weighted by molar-refractivity contribution is 7.91. The number of hydrogen-bond acceptors (Lipinski definition) is 5. The molecule has 1 fully saturated rings. The Hall–Kier alpha value is -1.32. The molecular weight excluding hydrogens is 375 g/mol. The lowest BCUT2D eigenvalue weighted by Crippen LogP contribution is -2.38. The largest absolute Gasteiger partial charge is 0.379 e. The minimum Gasteiger partial charge on any atom is -0.379 e. The van der Waals surface area contributed by atoms with Crippen LogP contribution in [0, 0.1) is 12.7 Å². The first kappa shape index (κ1) is 19.4. The summed E-state index contributed by atoms with van der Waals surface area (Å²) in [5, 5.41) is 0. The number of aryl methyl sites for hydroxylation is 1. The average Bonchev–Trinajstić information content (AvgIpc) is 3.13. The first-order valence-corrected chi connectivity index (χ1v) is 10.9. The molecule has 2 aromatic rings. The molecule has 0 saturated carbocycles. The van der Waals surface area contributed by atoms with Crippen molar-refractivity contribution in [3.05, 3.63) is 41.7 Å². The second kappa shape index (κ2) is 8.58. The van der Waals surface area contributed by atoms with Crippen molar-refractivity contribution >= 4 is 21.4 Å². The first-order valence-electron chi connectivity index (χ1n) is 8.62. The molecule has 0 radical (unpaired) electrons. The van der Waals surface area contributed by atoms with Crippen LogP contribution in [0.5, 0.6) is 0 Å². The Bertz CT molecular complexity index is 846. The molecule has 1 aromatic heterocycles. The van der Waals surface area contributed by atoms with Crippen LogP contribution in [0.3, 0.4) is 0 Å². The van der Waals surface area contributed by atoms with Crippen LogP contribution in [0.2, 0.25) is 0 Å². The molecule has 1 saturated heterocycles. The monoisotopic (exact) mass is 398 g/mol. The molecule has 0 spiro atoms. The highest BCUT2D eigenvalue weighted by atomic mass is 32.2. The number of halogens is 1. The van der Waals surface area contributed by atoms with Gasteiger partial charge in [-0.1, -0.05) is 18.2 Å². The zero-order valence-electron chi connectivity index (χ0n) is 14.7. The number of hydrogen-bond donors (Lipinski definition) is 1. The van der Waals surface area contributed by atoms with Crippen LogP contribution < -0.4 is 4.72 Å². The highest BCUT2D eigenvalue weighted by Gasteiger charge is 2.19. The number of rotatable bonds is 7. The van der Waals surface area contributed by atoms with E-state index in [9.17, 15) is 12.8 Å². The predicted molar refractivity (Wildman–Crippen MR) is 102 cm³/mol. The van der Waals surface area contributed by atoms with Crippen molar-refractivity contribution in [1.82, 2.24) is 9.62 Å². The molecule has 5 nitrogen and oxygen atoms in total. The normalized spacial score (nSPS) is 16.1. The van der Waals surface area contributed by atoms with Crippen molar-refractivity contribution in [1.29, 1.82) is 0 Å². The van der Waals surface area contributed by atoms with Crippen molar-refractivity contribution in [2.45, 2.75) is 17.6 Å². The molecule has 2 heterocycles. The fourth-order valence-electron chi connectivity index (χ4n) is 2.85. The SMILES string of the molecule is Cc1cccc(-c2ccc(S(=O)(=O)NCCCN3CCOCC3)s2)c1F. The smallest absolute Gasteiger partial charge is 0.250 e. The Morgan fingerprint density at radius 3 is 2.77 bits per heavy atom. The third kappa shape index (κ3) is 4.69. The summed E-state index contributed by atoms with van der Waals surface area (Å²) in [5.41, 5.74) is 0.977. The fraction of sp³-hybridized carbons (Fsp3) is 0.444. The number of nitrogens with zero attached hydrogens (tertiary/aromatic N) is 1. The molecule has 3 rings (SSSR count). The van der Waals surface area contributed by atoms with E-state index < -0.39 is 10.0 Å². The van der Waals surface area contributed by atoms with Crippen LogP contribution in [-0.4, -0.2) is 52.7 Å². The minimum absolute atomic E-state index is 0.208. The number of sulfonamides is 1. The van der Waals surface area contributed by atoms with Crippen molar-refractivity contribution in [2.24, 2.45) is 0 Å². The van der Waals surface area contributed by atoms with Crippen LogP contribution in [0.25, 0.3) is 10.4 Å². The van der Waals surface area contributed by atoms with E-state index in [1.165, 1.54) is 6.07 Å². The van der Waals surface area contributed by atoms with Crippen LogP contribution in [0.1, 0.15) is 12.0 Å². The van der Waals surface area contributed by atoms with E-state index in [1.807, 2.05) is 0 Å². The van der Waals surface area contributed by atoms with E-state index in [1.54, 1.807) is 31.2 Å². The molecule has 142 valence electrons. The van der Waals surface area contributed by atoms with Crippen molar-refractivity contribution in [3.8, 4) is 10.4 Å². The van der Waals surface area contributed by atoms with Gasteiger partial charge in [0.1, 0.15) is 10.0 Å². The van der Waals surface area contributed by atoms with Gasteiger partial charge in [0, 0.05) is 30.1 Å². The van der Waals surface area contributed by atoms with Gasteiger partial charge >= 0.3 is 0 Å². The molecule has 0 unspecified atom stereocenters. The molecule has 1 N–H and O–H groups in total.